The highest BCUT2D eigenvalue weighted by Crippen LogP contribution is 2.07. The number of amides is 1. The molecule has 1 aromatic rings. The first-order valence-corrected chi connectivity index (χ1v) is 4.81. The fraction of sp³-hybridized carbons (Fsp3) is 0.556. The number of aromatic nitrogens is 1. The quantitative estimate of drug-likeness (QED) is 0.715. The first-order valence-electron chi connectivity index (χ1n) is 4.81. The molecule has 0 spiro atoms. The van der Waals surface area contributed by atoms with Gasteiger partial charge in [0.1, 0.15) is 12.4 Å². The third kappa shape index (κ3) is 2.54. The van der Waals surface area contributed by atoms with Gasteiger partial charge in [0.05, 0.1) is 12.3 Å². The molecule has 0 radical (unpaired) electrons. The minimum Gasteiger partial charge on any atom is -0.432 e. The number of rotatable bonds is 2. The number of hydrogen-bond donors (Lipinski definition) is 2. The SMILES string of the molecule is Cc1coc(NC(=O)C2CNCCO2)n1. The first kappa shape index (κ1) is 10.1. The van der Waals surface area contributed by atoms with Crippen LogP contribution in [0.2, 0.25) is 0 Å². The molecular formula is C9H13N3O3. The molecule has 0 bridgehead atoms. The van der Waals surface area contributed by atoms with Crippen molar-refractivity contribution in [2.45, 2.75) is 13.0 Å². The van der Waals surface area contributed by atoms with Crippen molar-refractivity contribution in [1.29, 1.82) is 0 Å². The van der Waals surface area contributed by atoms with Gasteiger partial charge in [0, 0.05) is 13.1 Å². The van der Waals surface area contributed by atoms with Gasteiger partial charge in [-0.3, -0.25) is 10.1 Å². The van der Waals surface area contributed by atoms with E-state index in [1.54, 1.807) is 6.92 Å². The number of anilines is 1. The molecule has 1 saturated heterocycles. The summed E-state index contributed by atoms with van der Waals surface area (Å²) >= 11 is 0. The van der Waals surface area contributed by atoms with Gasteiger partial charge < -0.3 is 14.5 Å². The largest absolute Gasteiger partial charge is 0.432 e. The number of hydrogen-bond acceptors (Lipinski definition) is 5. The molecule has 1 atom stereocenters. The van der Waals surface area contributed by atoms with E-state index in [1.165, 1.54) is 6.26 Å². The standard InChI is InChI=1S/C9H13N3O3/c1-6-5-15-9(11-6)12-8(13)7-4-10-2-3-14-7/h5,7,10H,2-4H2,1H3,(H,11,12,13). The first-order chi connectivity index (χ1) is 7.25. The second-order valence-electron chi connectivity index (χ2n) is 3.35. The molecule has 2 N–H and O–H groups in total. The van der Waals surface area contributed by atoms with Gasteiger partial charge in [0.25, 0.3) is 5.91 Å². The number of oxazole rings is 1. The van der Waals surface area contributed by atoms with Crippen LogP contribution in [0.1, 0.15) is 5.69 Å². The van der Waals surface area contributed by atoms with Crippen LogP contribution in [0.3, 0.4) is 0 Å². The summed E-state index contributed by atoms with van der Waals surface area (Å²) in [7, 11) is 0. The molecule has 1 aliphatic rings. The van der Waals surface area contributed by atoms with Crippen LogP contribution in [0.25, 0.3) is 0 Å². The number of carbonyl (C=O) groups is 1. The summed E-state index contributed by atoms with van der Waals surface area (Å²) in [5, 5.41) is 5.62. The van der Waals surface area contributed by atoms with Gasteiger partial charge in [-0.25, -0.2) is 0 Å². The molecule has 6 heteroatoms. The third-order valence-corrected chi connectivity index (χ3v) is 2.07. The maximum Gasteiger partial charge on any atom is 0.301 e. The molecule has 0 aromatic carbocycles. The lowest BCUT2D eigenvalue weighted by atomic mass is 10.3. The molecule has 1 fully saturated rings. The van der Waals surface area contributed by atoms with Crippen molar-refractivity contribution in [3.05, 3.63) is 12.0 Å². The minimum absolute atomic E-state index is 0.215. The summed E-state index contributed by atoms with van der Waals surface area (Å²) in [6.45, 7) is 3.63. The lowest BCUT2D eigenvalue weighted by Crippen LogP contribution is -2.45. The summed E-state index contributed by atoms with van der Waals surface area (Å²) in [6, 6.07) is 0.215. The molecule has 0 aliphatic carbocycles. The zero-order chi connectivity index (χ0) is 10.7. The Morgan fingerprint density at radius 1 is 1.73 bits per heavy atom. The van der Waals surface area contributed by atoms with Crippen molar-refractivity contribution in [3.8, 4) is 0 Å². The summed E-state index contributed by atoms with van der Waals surface area (Å²) in [5.41, 5.74) is 0.730. The zero-order valence-electron chi connectivity index (χ0n) is 8.45. The molecule has 1 aliphatic heterocycles. The molecule has 1 unspecified atom stereocenters. The monoisotopic (exact) mass is 211 g/mol. The Kier molecular flexibility index (Phi) is 2.98. The average Bonchev–Trinajstić information content (AvgIpc) is 2.65. The van der Waals surface area contributed by atoms with Crippen molar-refractivity contribution < 1.29 is 13.9 Å². The normalized spacial score (nSPS) is 21.3. The smallest absolute Gasteiger partial charge is 0.301 e. The van der Waals surface area contributed by atoms with Gasteiger partial charge in [-0.15, -0.1) is 0 Å². The summed E-state index contributed by atoms with van der Waals surface area (Å²) in [5.74, 6) is -0.232. The molecule has 82 valence electrons. The number of ether oxygens (including phenoxy) is 1. The molecule has 0 saturated carbocycles. The van der Waals surface area contributed by atoms with Crippen LogP contribution in [-0.2, 0) is 9.53 Å². The van der Waals surface area contributed by atoms with Gasteiger partial charge >= 0.3 is 6.01 Å². The lowest BCUT2D eigenvalue weighted by molar-refractivity contribution is -0.128. The number of nitrogens with one attached hydrogen (secondary N) is 2. The molecule has 6 nitrogen and oxygen atoms in total. The van der Waals surface area contributed by atoms with Gasteiger partial charge in [-0.05, 0) is 6.92 Å². The van der Waals surface area contributed by atoms with E-state index in [0.29, 0.717) is 13.2 Å². The van der Waals surface area contributed by atoms with E-state index in [-0.39, 0.29) is 11.9 Å². The van der Waals surface area contributed by atoms with Gasteiger partial charge in [-0.1, -0.05) is 0 Å². The number of aryl methyl sites for hydroxylation is 1. The second kappa shape index (κ2) is 4.41. The van der Waals surface area contributed by atoms with Crippen LogP contribution in [-0.4, -0.2) is 36.7 Å². The number of morpholine rings is 1. The Balaban J connectivity index is 1.91. The van der Waals surface area contributed by atoms with E-state index in [0.717, 1.165) is 12.2 Å². The Morgan fingerprint density at radius 3 is 3.20 bits per heavy atom. The van der Waals surface area contributed by atoms with Crippen LogP contribution in [0, 0.1) is 6.92 Å². The fourth-order valence-electron chi connectivity index (χ4n) is 1.33. The predicted molar refractivity (Wildman–Crippen MR) is 52.5 cm³/mol. The Morgan fingerprint density at radius 2 is 2.60 bits per heavy atom. The van der Waals surface area contributed by atoms with E-state index in [1.807, 2.05) is 0 Å². The molecular weight excluding hydrogens is 198 g/mol. The van der Waals surface area contributed by atoms with Crippen molar-refractivity contribution in [2.75, 3.05) is 25.0 Å². The molecule has 2 rings (SSSR count). The van der Waals surface area contributed by atoms with Crippen molar-refractivity contribution in [2.24, 2.45) is 0 Å². The Labute approximate surface area is 87.0 Å². The Bertz CT molecular complexity index is 344. The van der Waals surface area contributed by atoms with Gasteiger partial charge in [0.15, 0.2) is 0 Å². The Hall–Kier alpha value is -1.40. The lowest BCUT2D eigenvalue weighted by Gasteiger charge is -2.21. The fourth-order valence-corrected chi connectivity index (χ4v) is 1.33. The van der Waals surface area contributed by atoms with E-state index in [9.17, 15) is 4.79 Å². The third-order valence-electron chi connectivity index (χ3n) is 2.07. The highest BCUT2D eigenvalue weighted by atomic mass is 16.5. The maximum atomic E-state index is 11.6. The van der Waals surface area contributed by atoms with E-state index in [2.05, 4.69) is 15.6 Å². The average molecular weight is 211 g/mol. The van der Waals surface area contributed by atoms with Crippen LogP contribution < -0.4 is 10.6 Å². The van der Waals surface area contributed by atoms with Crippen LogP contribution in [0.5, 0.6) is 0 Å². The van der Waals surface area contributed by atoms with Crippen LogP contribution >= 0.6 is 0 Å². The maximum absolute atomic E-state index is 11.6. The molecule has 1 aromatic heterocycles. The highest BCUT2D eigenvalue weighted by Gasteiger charge is 2.22. The van der Waals surface area contributed by atoms with Crippen LogP contribution in [0.15, 0.2) is 10.7 Å². The van der Waals surface area contributed by atoms with E-state index < -0.39 is 6.10 Å². The number of carbonyl (C=O) groups excluding carboxylic acids is 1. The topological polar surface area (TPSA) is 76.4 Å². The molecule has 1 amide bonds. The summed E-state index contributed by atoms with van der Waals surface area (Å²) < 4.78 is 10.3. The van der Waals surface area contributed by atoms with Crippen molar-refractivity contribution in [1.82, 2.24) is 10.3 Å². The van der Waals surface area contributed by atoms with Crippen LogP contribution in [0.4, 0.5) is 6.01 Å². The summed E-state index contributed by atoms with van der Waals surface area (Å²) in [6.07, 6.45) is 1.02. The highest BCUT2D eigenvalue weighted by molar-refractivity contribution is 5.92. The molecule has 2 heterocycles. The predicted octanol–water partition coefficient (Wildman–Crippen LogP) is -0.0901. The van der Waals surface area contributed by atoms with Gasteiger partial charge in [-0.2, -0.15) is 4.98 Å². The van der Waals surface area contributed by atoms with Crippen molar-refractivity contribution in [3.63, 3.8) is 0 Å². The van der Waals surface area contributed by atoms with Crippen molar-refractivity contribution >= 4 is 11.9 Å². The zero-order valence-corrected chi connectivity index (χ0v) is 8.45. The summed E-state index contributed by atoms with van der Waals surface area (Å²) in [4.78, 5) is 15.6. The van der Waals surface area contributed by atoms with E-state index in [4.69, 9.17) is 9.15 Å². The van der Waals surface area contributed by atoms with Gasteiger partial charge in [0.2, 0.25) is 0 Å². The minimum atomic E-state index is -0.467. The number of nitrogens with zero attached hydrogens (tertiary/aromatic N) is 1. The molecule has 15 heavy (non-hydrogen) atoms. The second-order valence-corrected chi connectivity index (χ2v) is 3.35. The van der Waals surface area contributed by atoms with E-state index >= 15 is 0 Å².